The fourth-order valence-corrected chi connectivity index (χ4v) is 3.08. The zero-order chi connectivity index (χ0) is 17.6. The number of aryl methyl sites for hydroxylation is 1. The molecule has 0 saturated carbocycles. The van der Waals surface area contributed by atoms with Crippen LogP contribution in [-0.4, -0.2) is 26.5 Å². The average molecular weight is 357 g/mol. The second kappa shape index (κ2) is 8.02. The van der Waals surface area contributed by atoms with Crippen molar-refractivity contribution in [3.8, 4) is 11.6 Å². The number of carbonyl (C=O) groups excluding carboxylic acids is 1. The maximum atomic E-state index is 12.0. The molecule has 6 nitrogen and oxygen atoms in total. The third kappa shape index (κ3) is 4.30. The van der Waals surface area contributed by atoms with Gasteiger partial charge in [-0.15, -0.1) is 10.2 Å². The van der Waals surface area contributed by atoms with Crippen LogP contribution in [0.2, 0.25) is 0 Å². The van der Waals surface area contributed by atoms with E-state index < -0.39 is 0 Å². The molecular formula is C18H19N3O3S. The Hall–Kier alpha value is -2.54. The molecule has 25 heavy (non-hydrogen) atoms. The first kappa shape index (κ1) is 17.3. The second-order valence-corrected chi connectivity index (χ2v) is 6.41. The van der Waals surface area contributed by atoms with Crippen LogP contribution in [0.3, 0.4) is 0 Å². The number of benzene rings is 1. The number of hydrogen-bond donors (Lipinski definition) is 0. The number of aromatic nitrogens is 3. The molecule has 0 N–H and O–H groups in total. The molecule has 0 bridgehead atoms. The van der Waals surface area contributed by atoms with E-state index in [1.165, 1.54) is 17.3 Å². The van der Waals surface area contributed by atoms with Crippen LogP contribution in [0.5, 0.6) is 0 Å². The van der Waals surface area contributed by atoms with Crippen molar-refractivity contribution in [2.45, 2.75) is 32.2 Å². The molecule has 0 amide bonds. The summed E-state index contributed by atoms with van der Waals surface area (Å²) in [7, 11) is 0. The normalized spacial score (nSPS) is 10.8. The molecule has 0 spiro atoms. The lowest BCUT2D eigenvalue weighted by Gasteiger charge is -2.07. The molecule has 2 heterocycles. The topological polar surface area (TPSA) is 70.2 Å². The quantitative estimate of drug-likeness (QED) is 0.474. The Morgan fingerprint density at radius 1 is 1.24 bits per heavy atom. The molecule has 0 aliphatic rings. The SMILES string of the molecule is CCn1c(SCC(=O)OCc2ccc(C)cc2)nnc1-c1ccco1. The molecule has 7 heteroatoms. The lowest BCUT2D eigenvalue weighted by molar-refractivity contribution is -0.141. The second-order valence-electron chi connectivity index (χ2n) is 5.46. The van der Waals surface area contributed by atoms with Crippen molar-refractivity contribution in [3.63, 3.8) is 0 Å². The van der Waals surface area contributed by atoms with E-state index >= 15 is 0 Å². The number of furan rings is 1. The van der Waals surface area contributed by atoms with E-state index in [2.05, 4.69) is 10.2 Å². The largest absolute Gasteiger partial charge is 0.461 e. The maximum Gasteiger partial charge on any atom is 0.316 e. The minimum Gasteiger partial charge on any atom is -0.461 e. The highest BCUT2D eigenvalue weighted by Crippen LogP contribution is 2.24. The zero-order valence-corrected chi connectivity index (χ0v) is 15.0. The Balaban J connectivity index is 1.56. The van der Waals surface area contributed by atoms with Crippen LogP contribution in [0.15, 0.2) is 52.2 Å². The number of esters is 1. The summed E-state index contributed by atoms with van der Waals surface area (Å²) >= 11 is 1.31. The van der Waals surface area contributed by atoms with Gasteiger partial charge in [-0.2, -0.15) is 0 Å². The summed E-state index contributed by atoms with van der Waals surface area (Å²) in [4.78, 5) is 12.0. The Kier molecular flexibility index (Phi) is 5.55. The Morgan fingerprint density at radius 2 is 2.04 bits per heavy atom. The molecule has 2 aromatic heterocycles. The van der Waals surface area contributed by atoms with Gasteiger partial charge in [-0.25, -0.2) is 0 Å². The molecule has 0 unspecified atom stereocenters. The van der Waals surface area contributed by atoms with Crippen molar-refractivity contribution >= 4 is 17.7 Å². The van der Waals surface area contributed by atoms with E-state index in [1.807, 2.05) is 48.7 Å². The molecule has 0 atom stereocenters. The first-order valence-corrected chi connectivity index (χ1v) is 8.97. The first-order valence-electron chi connectivity index (χ1n) is 7.98. The average Bonchev–Trinajstić information content (AvgIpc) is 3.28. The summed E-state index contributed by atoms with van der Waals surface area (Å²) in [5, 5.41) is 8.97. The van der Waals surface area contributed by atoms with Crippen LogP contribution in [0.4, 0.5) is 0 Å². The summed E-state index contributed by atoms with van der Waals surface area (Å²) in [6, 6.07) is 11.5. The summed E-state index contributed by atoms with van der Waals surface area (Å²) < 4.78 is 12.6. The van der Waals surface area contributed by atoms with E-state index in [0.717, 1.165) is 5.56 Å². The van der Waals surface area contributed by atoms with Gasteiger partial charge in [-0.3, -0.25) is 9.36 Å². The molecule has 3 rings (SSSR count). The molecular weight excluding hydrogens is 338 g/mol. The van der Waals surface area contributed by atoms with Crippen molar-refractivity contribution in [3.05, 3.63) is 53.8 Å². The van der Waals surface area contributed by atoms with Crippen LogP contribution in [0, 0.1) is 6.92 Å². The van der Waals surface area contributed by atoms with Crippen molar-refractivity contribution in [2.75, 3.05) is 5.75 Å². The van der Waals surface area contributed by atoms with Crippen molar-refractivity contribution in [2.24, 2.45) is 0 Å². The van der Waals surface area contributed by atoms with E-state index in [1.54, 1.807) is 12.3 Å². The summed E-state index contributed by atoms with van der Waals surface area (Å²) in [5.41, 5.74) is 2.15. The fraction of sp³-hybridized carbons (Fsp3) is 0.278. The van der Waals surface area contributed by atoms with Gasteiger partial charge < -0.3 is 9.15 Å². The number of nitrogens with zero attached hydrogens (tertiary/aromatic N) is 3. The van der Waals surface area contributed by atoms with Crippen LogP contribution in [-0.2, 0) is 22.7 Å². The predicted octanol–water partition coefficient (Wildman–Crippen LogP) is 3.70. The smallest absolute Gasteiger partial charge is 0.316 e. The number of thioether (sulfide) groups is 1. The summed E-state index contributed by atoms with van der Waals surface area (Å²) in [5.74, 6) is 1.21. The van der Waals surface area contributed by atoms with Gasteiger partial charge in [0.2, 0.25) is 0 Å². The van der Waals surface area contributed by atoms with Crippen molar-refractivity contribution in [1.82, 2.24) is 14.8 Å². The van der Waals surface area contributed by atoms with Crippen LogP contribution in [0.25, 0.3) is 11.6 Å². The standard InChI is InChI=1S/C18H19N3O3S/c1-3-21-17(15-5-4-10-23-15)19-20-18(21)25-12-16(22)24-11-14-8-6-13(2)7-9-14/h4-10H,3,11-12H2,1-2H3. The monoisotopic (exact) mass is 357 g/mol. The lowest BCUT2D eigenvalue weighted by Crippen LogP contribution is -2.08. The van der Waals surface area contributed by atoms with Gasteiger partial charge in [0.1, 0.15) is 6.61 Å². The number of carbonyl (C=O) groups is 1. The molecule has 0 radical (unpaired) electrons. The maximum absolute atomic E-state index is 12.0. The van der Waals surface area contributed by atoms with Gasteiger partial charge in [0.05, 0.1) is 12.0 Å². The molecule has 0 aliphatic heterocycles. The number of hydrogen-bond acceptors (Lipinski definition) is 6. The fourth-order valence-electron chi connectivity index (χ4n) is 2.28. The number of rotatable bonds is 7. The van der Waals surface area contributed by atoms with E-state index in [9.17, 15) is 4.79 Å². The van der Waals surface area contributed by atoms with Crippen LogP contribution >= 0.6 is 11.8 Å². The van der Waals surface area contributed by atoms with E-state index in [-0.39, 0.29) is 18.3 Å². The van der Waals surface area contributed by atoms with E-state index in [4.69, 9.17) is 9.15 Å². The molecule has 0 aliphatic carbocycles. The van der Waals surface area contributed by atoms with Gasteiger partial charge >= 0.3 is 5.97 Å². The van der Waals surface area contributed by atoms with Crippen molar-refractivity contribution < 1.29 is 13.9 Å². The molecule has 3 aromatic rings. The predicted molar refractivity (Wildman–Crippen MR) is 95.1 cm³/mol. The summed E-state index contributed by atoms with van der Waals surface area (Å²) in [6.45, 7) is 4.98. The molecule has 0 saturated heterocycles. The molecule has 130 valence electrons. The van der Waals surface area contributed by atoms with Gasteiger partial charge in [0, 0.05) is 6.54 Å². The lowest BCUT2D eigenvalue weighted by atomic mass is 10.2. The highest BCUT2D eigenvalue weighted by Gasteiger charge is 2.16. The Labute approximate surface area is 150 Å². The minimum atomic E-state index is -0.282. The van der Waals surface area contributed by atoms with Gasteiger partial charge in [0.15, 0.2) is 16.7 Å². The third-order valence-corrected chi connectivity index (χ3v) is 4.55. The zero-order valence-electron chi connectivity index (χ0n) is 14.1. The number of ether oxygens (including phenoxy) is 1. The highest BCUT2D eigenvalue weighted by atomic mass is 32.2. The van der Waals surface area contributed by atoms with Gasteiger partial charge in [-0.1, -0.05) is 41.6 Å². The minimum absolute atomic E-state index is 0.183. The Morgan fingerprint density at radius 3 is 2.72 bits per heavy atom. The van der Waals surface area contributed by atoms with Gasteiger partial charge in [-0.05, 0) is 31.5 Å². The van der Waals surface area contributed by atoms with Crippen LogP contribution < -0.4 is 0 Å². The van der Waals surface area contributed by atoms with Crippen LogP contribution in [0.1, 0.15) is 18.1 Å². The van der Waals surface area contributed by atoms with Gasteiger partial charge in [0.25, 0.3) is 0 Å². The van der Waals surface area contributed by atoms with Crippen molar-refractivity contribution in [1.29, 1.82) is 0 Å². The molecule has 0 fully saturated rings. The highest BCUT2D eigenvalue weighted by molar-refractivity contribution is 7.99. The first-order chi connectivity index (χ1) is 12.2. The Bertz CT molecular complexity index is 826. The van der Waals surface area contributed by atoms with E-state index in [0.29, 0.717) is 23.3 Å². The third-order valence-electron chi connectivity index (χ3n) is 3.61. The summed E-state index contributed by atoms with van der Waals surface area (Å²) in [6.07, 6.45) is 1.60. The molecule has 1 aromatic carbocycles.